The van der Waals surface area contributed by atoms with Crippen molar-refractivity contribution in [3.8, 4) is 0 Å². The predicted molar refractivity (Wildman–Crippen MR) is 67.6 cm³/mol. The van der Waals surface area contributed by atoms with E-state index in [1.165, 1.54) is 6.07 Å². The van der Waals surface area contributed by atoms with E-state index in [1.807, 2.05) is 0 Å². The van der Waals surface area contributed by atoms with E-state index in [4.69, 9.17) is 4.74 Å². The fourth-order valence-corrected chi connectivity index (χ4v) is 2.34. The van der Waals surface area contributed by atoms with Gasteiger partial charge < -0.3 is 10.1 Å². The van der Waals surface area contributed by atoms with Gasteiger partial charge in [-0.2, -0.15) is 0 Å². The number of nitrogens with zero attached hydrogens (tertiary/aromatic N) is 2. The maximum absolute atomic E-state index is 10.9. The number of ether oxygens (including phenoxy) is 1. The first kappa shape index (κ1) is 12.8. The van der Waals surface area contributed by atoms with Gasteiger partial charge >= 0.3 is 5.69 Å². The Morgan fingerprint density at radius 1 is 1.56 bits per heavy atom. The van der Waals surface area contributed by atoms with Crippen LogP contribution in [0, 0.1) is 10.1 Å². The number of methoxy groups -OCH3 is 1. The standard InChI is InChI=1S/C12H17N3O3/c1-18-10-5-2-4-9(8-10)14-12-11(15(16)17)6-3-7-13-12/h3,6-7,9-10H,2,4-5,8H2,1H3,(H,13,14). The lowest BCUT2D eigenvalue weighted by molar-refractivity contribution is -0.384. The molecule has 1 N–H and O–H groups in total. The Morgan fingerprint density at radius 2 is 2.39 bits per heavy atom. The van der Waals surface area contributed by atoms with Gasteiger partial charge in [0.05, 0.1) is 11.0 Å². The van der Waals surface area contributed by atoms with E-state index >= 15 is 0 Å². The van der Waals surface area contributed by atoms with Gasteiger partial charge in [0.1, 0.15) is 0 Å². The van der Waals surface area contributed by atoms with Gasteiger partial charge in [-0.25, -0.2) is 4.98 Å². The molecule has 98 valence electrons. The van der Waals surface area contributed by atoms with Gasteiger partial charge in [0.2, 0.25) is 5.82 Å². The van der Waals surface area contributed by atoms with E-state index in [9.17, 15) is 10.1 Å². The van der Waals surface area contributed by atoms with Crippen LogP contribution in [0.15, 0.2) is 18.3 Å². The van der Waals surface area contributed by atoms with Crippen molar-refractivity contribution in [2.75, 3.05) is 12.4 Å². The molecule has 0 spiro atoms. The molecule has 2 unspecified atom stereocenters. The quantitative estimate of drug-likeness (QED) is 0.656. The second-order valence-electron chi connectivity index (χ2n) is 4.49. The molecule has 1 aliphatic carbocycles. The van der Waals surface area contributed by atoms with Crippen LogP contribution < -0.4 is 5.32 Å². The molecule has 0 aromatic carbocycles. The van der Waals surface area contributed by atoms with E-state index in [0.29, 0.717) is 5.82 Å². The molecule has 1 saturated carbocycles. The fourth-order valence-electron chi connectivity index (χ4n) is 2.34. The number of aromatic nitrogens is 1. The normalized spacial score (nSPS) is 23.6. The molecule has 1 aliphatic rings. The van der Waals surface area contributed by atoms with Crippen molar-refractivity contribution >= 4 is 11.5 Å². The van der Waals surface area contributed by atoms with Crippen molar-refractivity contribution in [1.29, 1.82) is 0 Å². The summed E-state index contributed by atoms with van der Waals surface area (Å²) in [5.41, 5.74) is 0.0250. The van der Waals surface area contributed by atoms with Crippen molar-refractivity contribution in [1.82, 2.24) is 4.98 Å². The van der Waals surface area contributed by atoms with Crippen LogP contribution in [-0.4, -0.2) is 29.2 Å². The monoisotopic (exact) mass is 251 g/mol. The van der Waals surface area contributed by atoms with Gasteiger partial charge in [0, 0.05) is 25.4 Å². The third kappa shape index (κ3) is 2.95. The van der Waals surface area contributed by atoms with Crippen LogP contribution in [0.2, 0.25) is 0 Å². The van der Waals surface area contributed by atoms with Gasteiger partial charge in [0.15, 0.2) is 0 Å². The molecular formula is C12H17N3O3. The van der Waals surface area contributed by atoms with Gasteiger partial charge in [0.25, 0.3) is 0 Å². The highest BCUT2D eigenvalue weighted by Crippen LogP contribution is 2.27. The number of pyridine rings is 1. The predicted octanol–water partition coefficient (Wildman–Crippen LogP) is 2.36. The second kappa shape index (κ2) is 5.77. The van der Waals surface area contributed by atoms with Crippen molar-refractivity contribution in [3.05, 3.63) is 28.4 Å². The smallest absolute Gasteiger partial charge is 0.311 e. The Labute approximate surface area is 106 Å². The third-order valence-corrected chi connectivity index (χ3v) is 3.28. The lowest BCUT2D eigenvalue weighted by atomic mass is 9.93. The van der Waals surface area contributed by atoms with Crippen LogP contribution >= 0.6 is 0 Å². The minimum Gasteiger partial charge on any atom is -0.381 e. The number of hydrogen-bond acceptors (Lipinski definition) is 5. The molecule has 1 fully saturated rings. The molecule has 0 amide bonds. The number of hydrogen-bond donors (Lipinski definition) is 1. The zero-order valence-corrected chi connectivity index (χ0v) is 10.3. The molecule has 2 atom stereocenters. The van der Waals surface area contributed by atoms with Crippen LogP contribution in [0.25, 0.3) is 0 Å². The third-order valence-electron chi connectivity index (χ3n) is 3.28. The first-order chi connectivity index (χ1) is 8.70. The molecule has 0 radical (unpaired) electrons. The van der Waals surface area contributed by atoms with Gasteiger partial charge in [-0.1, -0.05) is 0 Å². The zero-order chi connectivity index (χ0) is 13.0. The second-order valence-corrected chi connectivity index (χ2v) is 4.49. The molecule has 1 aromatic rings. The Balaban J connectivity index is 2.07. The van der Waals surface area contributed by atoms with Crippen molar-refractivity contribution in [2.24, 2.45) is 0 Å². The average molecular weight is 251 g/mol. The van der Waals surface area contributed by atoms with Crippen LogP contribution in [0.1, 0.15) is 25.7 Å². The minimum atomic E-state index is -0.411. The summed E-state index contributed by atoms with van der Waals surface area (Å²) in [5, 5.41) is 14.0. The Bertz CT molecular complexity index is 425. The molecule has 18 heavy (non-hydrogen) atoms. The lowest BCUT2D eigenvalue weighted by Gasteiger charge is -2.28. The highest BCUT2D eigenvalue weighted by molar-refractivity contribution is 5.55. The summed E-state index contributed by atoms with van der Waals surface area (Å²) in [6.45, 7) is 0. The Hall–Kier alpha value is -1.69. The minimum absolute atomic E-state index is 0.0250. The summed E-state index contributed by atoms with van der Waals surface area (Å²) in [4.78, 5) is 14.5. The highest BCUT2D eigenvalue weighted by atomic mass is 16.6. The molecule has 0 bridgehead atoms. The molecule has 6 nitrogen and oxygen atoms in total. The SMILES string of the molecule is COC1CCCC(Nc2ncccc2[N+](=O)[O-])C1. The molecular weight excluding hydrogens is 234 g/mol. The van der Waals surface area contributed by atoms with Crippen molar-refractivity contribution in [2.45, 2.75) is 37.8 Å². The summed E-state index contributed by atoms with van der Waals surface area (Å²) in [7, 11) is 1.70. The fraction of sp³-hybridized carbons (Fsp3) is 0.583. The number of anilines is 1. The Kier molecular flexibility index (Phi) is 4.09. The van der Waals surface area contributed by atoms with E-state index in [2.05, 4.69) is 10.3 Å². The van der Waals surface area contributed by atoms with E-state index < -0.39 is 4.92 Å². The summed E-state index contributed by atoms with van der Waals surface area (Å²) in [6.07, 6.45) is 5.78. The van der Waals surface area contributed by atoms with Crippen LogP contribution in [0.3, 0.4) is 0 Å². The summed E-state index contributed by atoms with van der Waals surface area (Å²) in [6, 6.07) is 3.23. The van der Waals surface area contributed by atoms with E-state index in [0.717, 1.165) is 25.7 Å². The molecule has 0 saturated heterocycles. The van der Waals surface area contributed by atoms with Gasteiger partial charge in [-0.15, -0.1) is 0 Å². The largest absolute Gasteiger partial charge is 0.381 e. The van der Waals surface area contributed by atoms with Crippen LogP contribution in [-0.2, 0) is 4.74 Å². The van der Waals surface area contributed by atoms with Crippen molar-refractivity contribution in [3.63, 3.8) is 0 Å². The first-order valence-electron chi connectivity index (χ1n) is 6.09. The summed E-state index contributed by atoms with van der Waals surface area (Å²) >= 11 is 0. The summed E-state index contributed by atoms with van der Waals surface area (Å²) < 4.78 is 5.34. The maximum Gasteiger partial charge on any atom is 0.311 e. The van der Waals surface area contributed by atoms with E-state index in [-0.39, 0.29) is 17.8 Å². The zero-order valence-electron chi connectivity index (χ0n) is 10.3. The number of nitro groups is 1. The average Bonchev–Trinajstić information content (AvgIpc) is 2.39. The van der Waals surface area contributed by atoms with E-state index in [1.54, 1.807) is 19.4 Å². The molecule has 1 aromatic heterocycles. The first-order valence-corrected chi connectivity index (χ1v) is 6.09. The van der Waals surface area contributed by atoms with Crippen molar-refractivity contribution < 1.29 is 9.66 Å². The Morgan fingerprint density at radius 3 is 3.11 bits per heavy atom. The highest BCUT2D eigenvalue weighted by Gasteiger charge is 2.24. The van der Waals surface area contributed by atoms with Gasteiger partial charge in [-0.3, -0.25) is 10.1 Å². The van der Waals surface area contributed by atoms with Crippen LogP contribution in [0.4, 0.5) is 11.5 Å². The van der Waals surface area contributed by atoms with Gasteiger partial charge in [-0.05, 0) is 31.7 Å². The van der Waals surface area contributed by atoms with Crippen LogP contribution in [0.5, 0.6) is 0 Å². The maximum atomic E-state index is 10.9. The molecule has 1 heterocycles. The summed E-state index contributed by atoms with van der Waals surface area (Å²) in [5.74, 6) is 0.351. The topological polar surface area (TPSA) is 77.3 Å². The number of nitrogens with one attached hydrogen (secondary N) is 1. The molecule has 6 heteroatoms. The molecule has 2 rings (SSSR count). The molecule has 0 aliphatic heterocycles. The number of rotatable bonds is 4. The lowest BCUT2D eigenvalue weighted by Crippen LogP contribution is -2.31.